The number of ether oxygens (including phenoxy) is 5. The van der Waals surface area contributed by atoms with Crippen molar-refractivity contribution in [2.45, 2.75) is 74.6 Å². The zero-order valence-electron chi connectivity index (χ0n) is 17.3. The Morgan fingerprint density at radius 2 is 1.59 bits per heavy atom. The van der Waals surface area contributed by atoms with Gasteiger partial charge in [0, 0.05) is 6.42 Å². The molecule has 2 aliphatic rings. The average Bonchev–Trinajstić information content (AvgIpc) is 3.02. The Kier molecular flexibility index (Phi) is 9.71. The third-order valence-electron chi connectivity index (χ3n) is 5.10. The van der Waals surface area contributed by atoms with Crippen molar-refractivity contribution >= 4 is 11.9 Å². The summed E-state index contributed by atoms with van der Waals surface area (Å²) in [7, 11) is 0. The van der Waals surface area contributed by atoms with Gasteiger partial charge in [0.05, 0.1) is 6.61 Å². The van der Waals surface area contributed by atoms with E-state index in [2.05, 4.69) is 4.74 Å². The van der Waals surface area contributed by atoms with Gasteiger partial charge >= 0.3 is 11.9 Å². The highest BCUT2D eigenvalue weighted by atomic mass is 16.8. The van der Waals surface area contributed by atoms with Crippen LogP contribution in [0.2, 0.25) is 0 Å². The summed E-state index contributed by atoms with van der Waals surface area (Å²) in [5.41, 5.74) is 0. The molecule has 2 heterocycles. The highest BCUT2D eigenvalue weighted by molar-refractivity contribution is 5.76. The number of aliphatic hydroxyl groups is 7. The minimum atomic E-state index is -2.32. The van der Waals surface area contributed by atoms with E-state index in [9.17, 15) is 45.3 Å². The fourth-order valence-electron chi connectivity index (χ4n) is 3.25. The Balaban J connectivity index is 2.01. The molecule has 7 N–H and O–H groups in total. The van der Waals surface area contributed by atoms with Crippen molar-refractivity contribution in [3.05, 3.63) is 0 Å². The van der Waals surface area contributed by atoms with Crippen LogP contribution < -0.4 is 0 Å². The van der Waals surface area contributed by atoms with Gasteiger partial charge in [0.15, 0.2) is 12.9 Å². The number of carbonyl (C=O) groups excluding carboxylic acids is 2. The predicted octanol–water partition coefficient (Wildman–Crippen LogP) is -4.50. The summed E-state index contributed by atoms with van der Waals surface area (Å²) in [6.45, 7) is -1.32. The molecule has 0 aliphatic carbocycles. The molecule has 0 saturated carbocycles. The molecule has 14 heteroatoms. The zero-order valence-corrected chi connectivity index (χ0v) is 17.3. The quantitative estimate of drug-likeness (QED) is 0.150. The smallest absolute Gasteiger partial charge is 0.344 e. The number of hydrogen-bond donors (Lipinski definition) is 7. The van der Waals surface area contributed by atoms with E-state index in [-0.39, 0.29) is 6.42 Å². The lowest BCUT2D eigenvalue weighted by molar-refractivity contribution is -0.383. The van der Waals surface area contributed by atoms with E-state index in [1.165, 1.54) is 0 Å². The third-order valence-corrected chi connectivity index (χ3v) is 5.10. The second-order valence-corrected chi connectivity index (χ2v) is 7.47. The topological polar surface area (TPSA) is 222 Å². The standard InChI is InChI=1S/C18H30O14/c1-2-3-10(21)29-6-11(22)28-5-9-12(23)14(25)15(26)17(30-9)32-18(7-20)16(27)13(24)8(4-19)31-18/h8-9,12-17,19-20,23-27H,2-7H2,1H3/t8-,9-,12-,13-,14+,15-,16+,17-,18+/m1/s1. The molecule has 32 heavy (non-hydrogen) atoms. The van der Waals surface area contributed by atoms with Gasteiger partial charge in [-0.05, 0) is 6.42 Å². The molecule has 9 atom stereocenters. The Bertz CT molecular complexity index is 631. The van der Waals surface area contributed by atoms with Gasteiger partial charge in [-0.25, -0.2) is 4.79 Å². The summed E-state index contributed by atoms with van der Waals surface area (Å²) in [6.07, 6.45) is -12.9. The van der Waals surface area contributed by atoms with Crippen LogP contribution in [0.4, 0.5) is 0 Å². The summed E-state index contributed by atoms with van der Waals surface area (Å²) in [5, 5.41) is 69.4. The molecule has 0 radical (unpaired) electrons. The summed E-state index contributed by atoms with van der Waals surface area (Å²) in [6, 6.07) is 0. The van der Waals surface area contributed by atoms with Crippen molar-refractivity contribution in [3.63, 3.8) is 0 Å². The maximum absolute atomic E-state index is 11.7. The van der Waals surface area contributed by atoms with Crippen molar-refractivity contribution in [3.8, 4) is 0 Å². The van der Waals surface area contributed by atoms with Crippen molar-refractivity contribution in [2.75, 3.05) is 26.4 Å². The number of carbonyl (C=O) groups is 2. The molecule has 2 rings (SSSR count). The fraction of sp³-hybridized carbons (Fsp3) is 0.889. The summed E-state index contributed by atoms with van der Waals surface area (Å²) in [5.74, 6) is -3.88. The molecule has 0 spiro atoms. The average molecular weight is 470 g/mol. The highest BCUT2D eigenvalue weighted by Crippen LogP contribution is 2.36. The first-order chi connectivity index (χ1) is 15.1. The van der Waals surface area contributed by atoms with Gasteiger partial charge in [-0.15, -0.1) is 0 Å². The van der Waals surface area contributed by atoms with Gasteiger partial charge in [-0.1, -0.05) is 6.92 Å². The van der Waals surface area contributed by atoms with Crippen LogP contribution in [-0.2, 0) is 33.3 Å². The van der Waals surface area contributed by atoms with Gasteiger partial charge in [0.25, 0.3) is 0 Å². The third kappa shape index (κ3) is 5.91. The van der Waals surface area contributed by atoms with Crippen LogP contribution in [0.1, 0.15) is 19.8 Å². The molecule has 186 valence electrons. The first-order valence-corrected chi connectivity index (χ1v) is 10.0. The first-order valence-electron chi connectivity index (χ1n) is 10.0. The maximum Gasteiger partial charge on any atom is 0.344 e. The molecule has 2 aliphatic heterocycles. The first kappa shape index (κ1) is 26.8. The lowest BCUT2D eigenvalue weighted by atomic mass is 9.99. The Morgan fingerprint density at radius 3 is 2.16 bits per heavy atom. The van der Waals surface area contributed by atoms with Crippen LogP contribution in [0, 0.1) is 0 Å². The van der Waals surface area contributed by atoms with Crippen molar-refractivity contribution < 1.29 is 69.0 Å². The molecule has 0 aromatic rings. The van der Waals surface area contributed by atoms with Crippen LogP contribution in [0.15, 0.2) is 0 Å². The lowest BCUT2D eigenvalue weighted by Gasteiger charge is -2.43. The number of aliphatic hydroxyl groups excluding tert-OH is 7. The maximum atomic E-state index is 11.7. The second-order valence-electron chi connectivity index (χ2n) is 7.47. The van der Waals surface area contributed by atoms with Crippen LogP contribution in [0.25, 0.3) is 0 Å². The van der Waals surface area contributed by atoms with E-state index < -0.39 is 93.2 Å². The minimum absolute atomic E-state index is 0.118. The van der Waals surface area contributed by atoms with E-state index in [1.54, 1.807) is 6.92 Å². The molecule has 14 nitrogen and oxygen atoms in total. The van der Waals surface area contributed by atoms with Gasteiger partial charge in [0.1, 0.15) is 55.9 Å². The van der Waals surface area contributed by atoms with Gasteiger partial charge in [0.2, 0.25) is 5.79 Å². The van der Waals surface area contributed by atoms with Crippen LogP contribution >= 0.6 is 0 Å². The molecule has 2 saturated heterocycles. The van der Waals surface area contributed by atoms with Crippen molar-refractivity contribution in [2.24, 2.45) is 0 Å². The monoisotopic (exact) mass is 470 g/mol. The van der Waals surface area contributed by atoms with Gasteiger partial charge < -0.3 is 59.4 Å². The minimum Gasteiger partial charge on any atom is -0.460 e. The van der Waals surface area contributed by atoms with Gasteiger partial charge in [-0.3, -0.25) is 4.79 Å². The van der Waals surface area contributed by atoms with E-state index >= 15 is 0 Å². The predicted molar refractivity (Wildman–Crippen MR) is 98.4 cm³/mol. The van der Waals surface area contributed by atoms with E-state index in [1.807, 2.05) is 0 Å². The fourth-order valence-corrected chi connectivity index (χ4v) is 3.25. The molecule has 0 unspecified atom stereocenters. The van der Waals surface area contributed by atoms with Crippen LogP contribution in [0.5, 0.6) is 0 Å². The van der Waals surface area contributed by atoms with Crippen molar-refractivity contribution in [1.29, 1.82) is 0 Å². The molecule has 0 amide bonds. The molecule has 0 bridgehead atoms. The largest absolute Gasteiger partial charge is 0.460 e. The Morgan fingerprint density at radius 1 is 0.906 bits per heavy atom. The number of rotatable bonds is 10. The molecule has 0 aromatic carbocycles. The van der Waals surface area contributed by atoms with E-state index in [0.717, 1.165) is 0 Å². The van der Waals surface area contributed by atoms with Crippen molar-refractivity contribution in [1.82, 2.24) is 0 Å². The van der Waals surface area contributed by atoms with E-state index in [4.69, 9.17) is 18.9 Å². The van der Waals surface area contributed by atoms with Crippen LogP contribution in [-0.4, -0.2) is 129 Å². The molecule has 0 aromatic heterocycles. The highest BCUT2D eigenvalue weighted by Gasteiger charge is 2.58. The number of esters is 2. The summed E-state index contributed by atoms with van der Waals surface area (Å²) in [4.78, 5) is 23.0. The normalized spacial score (nSPS) is 39.6. The molecular formula is C18H30O14. The van der Waals surface area contributed by atoms with Gasteiger partial charge in [-0.2, -0.15) is 0 Å². The van der Waals surface area contributed by atoms with E-state index in [0.29, 0.717) is 6.42 Å². The lowest BCUT2D eigenvalue weighted by Crippen LogP contribution is -2.62. The van der Waals surface area contributed by atoms with Crippen LogP contribution in [0.3, 0.4) is 0 Å². The number of hydrogen-bond acceptors (Lipinski definition) is 14. The summed E-state index contributed by atoms with van der Waals surface area (Å²) < 4.78 is 25.4. The second kappa shape index (κ2) is 11.6. The Labute approximate surface area is 182 Å². The summed E-state index contributed by atoms with van der Waals surface area (Å²) >= 11 is 0. The molecule has 2 fully saturated rings. The SMILES string of the molecule is CCCC(=O)OCC(=O)OC[C@H]1O[C@H](O[C@]2(CO)O[C@H](CO)[C@@H](O)[C@@H]2O)[C@H](O)[C@@H](O)[C@@H]1O. The Hall–Kier alpha value is -1.46. The molecular weight excluding hydrogens is 440 g/mol. The zero-order chi connectivity index (χ0) is 24.1.